The molecule has 0 saturated carbocycles. The molecule has 2 aromatic rings. The summed E-state index contributed by atoms with van der Waals surface area (Å²) in [5, 5.41) is 3.32. The van der Waals surface area contributed by atoms with Crippen molar-refractivity contribution in [2.24, 2.45) is 0 Å². The highest BCUT2D eigenvalue weighted by atomic mass is 19.1. The summed E-state index contributed by atoms with van der Waals surface area (Å²) >= 11 is 0. The Labute approximate surface area is 125 Å². The fraction of sp³-hybridized carbons (Fsp3) is 0.353. The van der Waals surface area contributed by atoms with Gasteiger partial charge in [-0.25, -0.2) is 4.39 Å². The second kappa shape index (κ2) is 7.18. The third kappa shape index (κ3) is 4.26. The largest absolute Gasteiger partial charge is 0.457 e. The molecule has 1 aromatic heterocycles. The Balaban J connectivity index is 2.20. The predicted molar refractivity (Wildman–Crippen MR) is 82.2 cm³/mol. The van der Waals surface area contributed by atoms with Crippen molar-refractivity contribution in [3.05, 3.63) is 53.1 Å². The summed E-state index contributed by atoms with van der Waals surface area (Å²) in [5.74, 6) is 0.957. The maximum absolute atomic E-state index is 13.6. The minimum absolute atomic E-state index is 0.260. The van der Waals surface area contributed by atoms with Gasteiger partial charge in [-0.1, -0.05) is 13.0 Å². The average molecular weight is 288 g/mol. The van der Waals surface area contributed by atoms with Gasteiger partial charge < -0.3 is 10.1 Å². The smallest absolute Gasteiger partial charge is 0.135 e. The van der Waals surface area contributed by atoms with E-state index in [4.69, 9.17) is 4.74 Å². The van der Waals surface area contributed by atoms with Crippen LogP contribution >= 0.6 is 0 Å². The van der Waals surface area contributed by atoms with Gasteiger partial charge in [-0.05, 0) is 38.4 Å². The molecule has 1 heterocycles. The van der Waals surface area contributed by atoms with Crippen molar-refractivity contribution in [2.75, 3.05) is 6.54 Å². The summed E-state index contributed by atoms with van der Waals surface area (Å²) in [6.45, 7) is 7.38. The molecule has 1 aromatic carbocycles. The maximum atomic E-state index is 13.6. The first-order valence-corrected chi connectivity index (χ1v) is 7.20. The number of nitrogens with zero attached hydrogens (tertiary/aromatic N) is 1. The van der Waals surface area contributed by atoms with Gasteiger partial charge in [0, 0.05) is 36.1 Å². The first-order valence-electron chi connectivity index (χ1n) is 7.20. The van der Waals surface area contributed by atoms with E-state index < -0.39 is 0 Å². The van der Waals surface area contributed by atoms with Crippen molar-refractivity contribution in [1.29, 1.82) is 0 Å². The average Bonchev–Trinajstić information content (AvgIpc) is 2.45. The number of pyridine rings is 1. The quantitative estimate of drug-likeness (QED) is 0.812. The summed E-state index contributed by atoms with van der Waals surface area (Å²) in [5.41, 5.74) is 2.45. The second-order valence-corrected chi connectivity index (χ2v) is 5.12. The molecule has 0 aliphatic heterocycles. The topological polar surface area (TPSA) is 34.2 Å². The van der Waals surface area contributed by atoms with Crippen LogP contribution in [0.1, 0.15) is 30.2 Å². The lowest BCUT2D eigenvalue weighted by Gasteiger charge is -2.12. The van der Waals surface area contributed by atoms with E-state index in [1.165, 1.54) is 6.07 Å². The number of ether oxygens (including phenoxy) is 1. The van der Waals surface area contributed by atoms with Crippen LogP contribution in [0.25, 0.3) is 0 Å². The lowest BCUT2D eigenvalue weighted by Crippen LogP contribution is -2.14. The fourth-order valence-corrected chi connectivity index (χ4v) is 1.95. The molecule has 0 atom stereocenters. The Morgan fingerprint density at radius 2 is 2.05 bits per heavy atom. The first-order chi connectivity index (χ1) is 10.1. The molecule has 0 radical (unpaired) electrons. The number of hydrogen-bond donors (Lipinski definition) is 1. The molecule has 0 unspecified atom stereocenters. The Morgan fingerprint density at radius 3 is 2.76 bits per heavy atom. The van der Waals surface area contributed by atoms with Gasteiger partial charge in [0.05, 0.1) is 0 Å². The summed E-state index contributed by atoms with van der Waals surface area (Å²) in [6, 6.07) is 6.78. The molecular formula is C17H21FN2O. The van der Waals surface area contributed by atoms with E-state index in [1.54, 1.807) is 25.3 Å². The van der Waals surface area contributed by atoms with Gasteiger partial charge in [-0.3, -0.25) is 4.98 Å². The van der Waals surface area contributed by atoms with Crippen LogP contribution in [0.2, 0.25) is 0 Å². The first kappa shape index (κ1) is 15.4. The minimum atomic E-state index is -0.260. The van der Waals surface area contributed by atoms with Crippen LogP contribution < -0.4 is 10.1 Å². The van der Waals surface area contributed by atoms with Crippen molar-refractivity contribution in [3.63, 3.8) is 0 Å². The van der Waals surface area contributed by atoms with Crippen LogP contribution in [-0.2, 0) is 6.54 Å². The third-order valence-electron chi connectivity index (χ3n) is 3.19. The number of aryl methyl sites for hydroxylation is 2. The molecule has 4 heteroatoms. The molecule has 112 valence electrons. The van der Waals surface area contributed by atoms with Gasteiger partial charge in [0.1, 0.15) is 17.3 Å². The molecule has 0 aliphatic rings. The second-order valence-electron chi connectivity index (χ2n) is 5.12. The van der Waals surface area contributed by atoms with E-state index in [0.717, 1.165) is 24.2 Å². The Morgan fingerprint density at radius 1 is 1.24 bits per heavy atom. The standard InChI is InChI=1S/C17H21FN2O/c1-4-7-19-10-14-11-20-13(3)8-17(14)21-15-6-5-12(2)16(18)9-15/h5-6,8-9,11,19H,4,7,10H2,1-3H3. The highest BCUT2D eigenvalue weighted by molar-refractivity contribution is 5.38. The van der Waals surface area contributed by atoms with Gasteiger partial charge >= 0.3 is 0 Å². The third-order valence-corrected chi connectivity index (χ3v) is 3.19. The van der Waals surface area contributed by atoms with Gasteiger partial charge in [0.2, 0.25) is 0 Å². The number of nitrogens with one attached hydrogen (secondary N) is 1. The van der Waals surface area contributed by atoms with E-state index >= 15 is 0 Å². The van der Waals surface area contributed by atoms with E-state index in [9.17, 15) is 4.39 Å². The highest BCUT2D eigenvalue weighted by Gasteiger charge is 2.08. The molecule has 0 aliphatic carbocycles. The van der Waals surface area contributed by atoms with E-state index in [0.29, 0.717) is 23.6 Å². The number of halogens is 1. The van der Waals surface area contributed by atoms with Crippen molar-refractivity contribution < 1.29 is 9.13 Å². The van der Waals surface area contributed by atoms with Crippen molar-refractivity contribution in [2.45, 2.75) is 33.7 Å². The van der Waals surface area contributed by atoms with Gasteiger partial charge in [0.15, 0.2) is 0 Å². The molecule has 0 bridgehead atoms. The monoisotopic (exact) mass is 288 g/mol. The van der Waals surface area contributed by atoms with Crippen molar-refractivity contribution >= 4 is 0 Å². The summed E-state index contributed by atoms with van der Waals surface area (Å²) < 4.78 is 19.4. The summed E-state index contributed by atoms with van der Waals surface area (Å²) in [4.78, 5) is 4.30. The molecule has 0 fully saturated rings. The highest BCUT2D eigenvalue weighted by Crippen LogP contribution is 2.27. The van der Waals surface area contributed by atoms with Gasteiger partial charge in [0.25, 0.3) is 0 Å². The number of rotatable bonds is 6. The van der Waals surface area contributed by atoms with Crippen LogP contribution in [0.15, 0.2) is 30.5 Å². The Kier molecular flexibility index (Phi) is 5.28. The summed E-state index contributed by atoms with van der Waals surface area (Å²) in [7, 11) is 0. The number of hydrogen-bond acceptors (Lipinski definition) is 3. The molecule has 0 spiro atoms. The van der Waals surface area contributed by atoms with E-state index in [2.05, 4.69) is 17.2 Å². The molecule has 2 rings (SSSR count). The van der Waals surface area contributed by atoms with Crippen molar-refractivity contribution in [1.82, 2.24) is 10.3 Å². The van der Waals surface area contributed by atoms with Crippen LogP contribution in [0.3, 0.4) is 0 Å². The predicted octanol–water partition coefficient (Wildman–Crippen LogP) is 4.13. The normalized spacial score (nSPS) is 10.7. The van der Waals surface area contributed by atoms with Gasteiger partial charge in [-0.2, -0.15) is 0 Å². The summed E-state index contributed by atoms with van der Waals surface area (Å²) in [6.07, 6.45) is 2.87. The molecule has 1 N–H and O–H groups in total. The lowest BCUT2D eigenvalue weighted by atomic mass is 10.2. The van der Waals surface area contributed by atoms with Gasteiger partial charge in [-0.15, -0.1) is 0 Å². The fourth-order valence-electron chi connectivity index (χ4n) is 1.95. The molecule has 0 saturated heterocycles. The van der Waals surface area contributed by atoms with E-state index in [1.807, 2.05) is 13.0 Å². The van der Waals surface area contributed by atoms with Crippen LogP contribution in [0, 0.1) is 19.7 Å². The Hall–Kier alpha value is -1.94. The SMILES string of the molecule is CCCNCc1cnc(C)cc1Oc1ccc(C)c(F)c1. The van der Waals surface area contributed by atoms with E-state index in [-0.39, 0.29) is 5.82 Å². The van der Waals surface area contributed by atoms with Crippen LogP contribution in [0.5, 0.6) is 11.5 Å². The molecular weight excluding hydrogens is 267 g/mol. The number of benzene rings is 1. The lowest BCUT2D eigenvalue weighted by molar-refractivity contribution is 0.465. The maximum Gasteiger partial charge on any atom is 0.135 e. The van der Waals surface area contributed by atoms with Crippen LogP contribution in [0.4, 0.5) is 4.39 Å². The molecule has 0 amide bonds. The minimum Gasteiger partial charge on any atom is -0.457 e. The zero-order valence-corrected chi connectivity index (χ0v) is 12.7. The zero-order valence-electron chi connectivity index (χ0n) is 12.7. The Bertz CT molecular complexity index is 614. The molecule has 21 heavy (non-hydrogen) atoms. The number of aromatic nitrogens is 1. The zero-order chi connectivity index (χ0) is 15.2. The molecule has 3 nitrogen and oxygen atoms in total. The van der Waals surface area contributed by atoms with Crippen LogP contribution in [-0.4, -0.2) is 11.5 Å². The van der Waals surface area contributed by atoms with Crippen molar-refractivity contribution in [3.8, 4) is 11.5 Å².